The van der Waals surface area contributed by atoms with E-state index in [2.05, 4.69) is 17.1 Å². The number of para-hydroxylation sites is 2. The third kappa shape index (κ3) is 5.71. The van der Waals surface area contributed by atoms with Crippen LogP contribution in [0.3, 0.4) is 0 Å². The Hall–Kier alpha value is -1.55. The number of nitrogens with one attached hydrogen (secondary N) is 1. The number of piperidine rings is 1. The number of aliphatic hydroxyl groups is 1. The summed E-state index contributed by atoms with van der Waals surface area (Å²) in [7, 11) is 0. The summed E-state index contributed by atoms with van der Waals surface area (Å²) in [5.41, 5.74) is 0.838. The van der Waals surface area contributed by atoms with Gasteiger partial charge in [-0.25, -0.2) is 0 Å². The summed E-state index contributed by atoms with van der Waals surface area (Å²) in [5.74, 6) is 1.65. The minimum atomic E-state index is -0.193. The van der Waals surface area contributed by atoms with Crippen LogP contribution in [0.5, 0.6) is 5.75 Å². The lowest BCUT2D eigenvalue weighted by atomic mass is 10.1. The molecule has 27 heavy (non-hydrogen) atoms. The van der Waals surface area contributed by atoms with Gasteiger partial charge in [-0.3, -0.25) is 9.79 Å². The summed E-state index contributed by atoms with van der Waals surface area (Å²) in [6, 6.07) is 7.63. The average molecular weight is 488 g/mol. The molecule has 0 spiro atoms. The van der Waals surface area contributed by atoms with E-state index >= 15 is 0 Å². The Balaban J connectivity index is 0.00000261. The van der Waals surface area contributed by atoms with E-state index in [1.165, 1.54) is 0 Å². The fraction of sp³-hybridized carbons (Fsp3) is 0.579. The molecule has 0 unspecified atom stereocenters. The zero-order valence-corrected chi connectivity index (χ0v) is 18.1. The molecule has 2 N–H and O–H groups in total. The van der Waals surface area contributed by atoms with Crippen molar-refractivity contribution in [2.45, 2.75) is 32.3 Å². The Morgan fingerprint density at radius 1 is 1.33 bits per heavy atom. The number of rotatable bonds is 5. The predicted octanol–water partition coefficient (Wildman–Crippen LogP) is 1.84. The molecule has 0 bridgehead atoms. The van der Waals surface area contributed by atoms with Crippen molar-refractivity contribution >= 4 is 41.5 Å². The minimum absolute atomic E-state index is 0. The van der Waals surface area contributed by atoms with E-state index < -0.39 is 0 Å². The monoisotopic (exact) mass is 488 g/mol. The van der Waals surface area contributed by atoms with Crippen LogP contribution in [0.25, 0.3) is 0 Å². The zero-order valence-electron chi connectivity index (χ0n) is 15.8. The van der Waals surface area contributed by atoms with E-state index in [0.29, 0.717) is 13.1 Å². The number of hydrogen-bond donors (Lipinski definition) is 2. The number of nitrogens with zero attached hydrogens (tertiary/aromatic N) is 3. The van der Waals surface area contributed by atoms with Gasteiger partial charge in [0.25, 0.3) is 5.91 Å². The lowest BCUT2D eigenvalue weighted by molar-refractivity contribution is -0.121. The highest BCUT2D eigenvalue weighted by Crippen LogP contribution is 2.31. The van der Waals surface area contributed by atoms with Gasteiger partial charge in [-0.15, -0.1) is 24.0 Å². The van der Waals surface area contributed by atoms with Crippen LogP contribution in [0.15, 0.2) is 29.3 Å². The van der Waals surface area contributed by atoms with Crippen molar-refractivity contribution in [3.8, 4) is 5.75 Å². The Morgan fingerprint density at radius 2 is 2.07 bits per heavy atom. The Bertz CT molecular complexity index is 648. The molecule has 2 heterocycles. The van der Waals surface area contributed by atoms with E-state index in [0.717, 1.165) is 56.3 Å². The number of anilines is 1. The molecule has 0 saturated carbocycles. The highest BCUT2D eigenvalue weighted by Gasteiger charge is 2.24. The fourth-order valence-corrected chi connectivity index (χ4v) is 3.32. The molecule has 0 aliphatic carbocycles. The first kappa shape index (κ1) is 21.7. The van der Waals surface area contributed by atoms with Crippen LogP contribution in [0.1, 0.15) is 26.2 Å². The Labute approximate surface area is 177 Å². The van der Waals surface area contributed by atoms with E-state index in [-0.39, 0.29) is 42.6 Å². The molecule has 7 nitrogen and oxygen atoms in total. The van der Waals surface area contributed by atoms with Crippen molar-refractivity contribution in [1.29, 1.82) is 0 Å². The molecule has 8 heteroatoms. The van der Waals surface area contributed by atoms with Crippen LogP contribution in [0.4, 0.5) is 5.69 Å². The molecule has 1 amide bonds. The van der Waals surface area contributed by atoms with Crippen molar-refractivity contribution in [3.63, 3.8) is 0 Å². The van der Waals surface area contributed by atoms with Gasteiger partial charge < -0.3 is 25.0 Å². The number of likely N-dealkylation sites (tertiary alicyclic amines) is 1. The quantitative estimate of drug-likeness (QED) is 0.287. The standard InChI is InChI=1S/C19H28N4O3.HI/c1-2-20-19(22-12-8-15(24)9-13-22)21-10-5-11-23-16-6-3-4-7-17(16)26-14-18(23)25;/h3-4,6-7,15,24H,2,5,8-14H2,1H3,(H,20,21);1H. The number of carbonyl (C=O) groups excluding carboxylic acids is 1. The van der Waals surface area contributed by atoms with Gasteiger partial charge in [-0.05, 0) is 38.3 Å². The molecule has 150 valence electrons. The summed E-state index contributed by atoms with van der Waals surface area (Å²) in [4.78, 5) is 20.9. The van der Waals surface area contributed by atoms with Gasteiger partial charge in [-0.2, -0.15) is 0 Å². The van der Waals surface area contributed by atoms with Gasteiger partial charge in [0.05, 0.1) is 11.8 Å². The second-order valence-corrected chi connectivity index (χ2v) is 6.61. The summed E-state index contributed by atoms with van der Waals surface area (Å²) in [5, 5.41) is 13.0. The summed E-state index contributed by atoms with van der Waals surface area (Å²) in [6.07, 6.45) is 2.15. The Kier molecular flexibility index (Phi) is 8.62. The van der Waals surface area contributed by atoms with Crippen molar-refractivity contribution in [3.05, 3.63) is 24.3 Å². The molecular weight excluding hydrogens is 459 g/mol. The second-order valence-electron chi connectivity index (χ2n) is 6.61. The van der Waals surface area contributed by atoms with Crippen LogP contribution in [-0.4, -0.2) is 67.3 Å². The highest BCUT2D eigenvalue weighted by molar-refractivity contribution is 14.0. The van der Waals surface area contributed by atoms with Gasteiger partial charge in [-0.1, -0.05) is 12.1 Å². The van der Waals surface area contributed by atoms with Crippen molar-refractivity contribution < 1.29 is 14.6 Å². The first-order chi connectivity index (χ1) is 12.7. The van der Waals surface area contributed by atoms with Gasteiger partial charge in [0.1, 0.15) is 5.75 Å². The number of guanidine groups is 1. The summed E-state index contributed by atoms with van der Waals surface area (Å²) in [6.45, 7) is 5.88. The van der Waals surface area contributed by atoms with Crippen molar-refractivity contribution in [2.75, 3.05) is 44.2 Å². The van der Waals surface area contributed by atoms with E-state index in [1.807, 2.05) is 24.3 Å². The number of aliphatic imine (C=N–C) groups is 1. The van der Waals surface area contributed by atoms with Crippen LogP contribution >= 0.6 is 24.0 Å². The maximum Gasteiger partial charge on any atom is 0.265 e. The molecule has 1 aromatic rings. The smallest absolute Gasteiger partial charge is 0.265 e. The third-order valence-electron chi connectivity index (χ3n) is 4.71. The SMILES string of the molecule is CCNC(=NCCCN1C(=O)COc2ccccc21)N1CCC(O)CC1.I. The molecule has 3 rings (SSSR count). The van der Waals surface area contributed by atoms with Crippen LogP contribution in [0.2, 0.25) is 0 Å². The first-order valence-corrected chi connectivity index (χ1v) is 9.42. The van der Waals surface area contributed by atoms with Gasteiger partial charge >= 0.3 is 0 Å². The van der Waals surface area contributed by atoms with Crippen molar-refractivity contribution in [2.24, 2.45) is 4.99 Å². The average Bonchev–Trinajstić information content (AvgIpc) is 2.66. The number of aliphatic hydroxyl groups excluding tert-OH is 1. The number of amides is 1. The molecule has 0 aromatic heterocycles. The predicted molar refractivity (Wildman–Crippen MR) is 117 cm³/mol. The minimum Gasteiger partial charge on any atom is -0.482 e. The normalized spacial score (nSPS) is 17.9. The molecule has 0 radical (unpaired) electrons. The second kappa shape index (κ2) is 10.7. The van der Waals surface area contributed by atoms with Crippen molar-refractivity contribution in [1.82, 2.24) is 10.2 Å². The van der Waals surface area contributed by atoms with E-state index in [9.17, 15) is 9.90 Å². The highest BCUT2D eigenvalue weighted by atomic mass is 127. The lowest BCUT2D eigenvalue weighted by Gasteiger charge is -2.32. The van der Waals surface area contributed by atoms with Gasteiger partial charge in [0.2, 0.25) is 0 Å². The fourth-order valence-electron chi connectivity index (χ4n) is 3.32. The first-order valence-electron chi connectivity index (χ1n) is 9.42. The largest absolute Gasteiger partial charge is 0.482 e. The lowest BCUT2D eigenvalue weighted by Crippen LogP contribution is -2.46. The van der Waals surface area contributed by atoms with E-state index in [4.69, 9.17) is 9.73 Å². The van der Waals surface area contributed by atoms with Crippen LogP contribution in [0, 0.1) is 0 Å². The number of hydrogen-bond acceptors (Lipinski definition) is 4. The molecule has 2 aliphatic heterocycles. The molecule has 1 aromatic carbocycles. The van der Waals surface area contributed by atoms with Crippen LogP contribution in [-0.2, 0) is 4.79 Å². The maximum absolute atomic E-state index is 12.2. The number of ether oxygens (including phenoxy) is 1. The number of carbonyl (C=O) groups is 1. The third-order valence-corrected chi connectivity index (χ3v) is 4.71. The topological polar surface area (TPSA) is 77.4 Å². The maximum atomic E-state index is 12.2. The number of benzene rings is 1. The number of fused-ring (bicyclic) bond motifs is 1. The molecule has 1 saturated heterocycles. The van der Waals surface area contributed by atoms with E-state index in [1.54, 1.807) is 4.90 Å². The van der Waals surface area contributed by atoms with Crippen LogP contribution < -0.4 is 15.0 Å². The van der Waals surface area contributed by atoms with Gasteiger partial charge in [0, 0.05) is 32.7 Å². The zero-order chi connectivity index (χ0) is 18.4. The Morgan fingerprint density at radius 3 is 2.81 bits per heavy atom. The number of halogens is 1. The summed E-state index contributed by atoms with van der Waals surface area (Å²) >= 11 is 0. The molecule has 2 aliphatic rings. The van der Waals surface area contributed by atoms with Gasteiger partial charge in [0.15, 0.2) is 12.6 Å². The molecule has 1 fully saturated rings. The molecule has 0 atom stereocenters. The summed E-state index contributed by atoms with van der Waals surface area (Å²) < 4.78 is 5.47. The molecular formula is C19H29IN4O3.